The third kappa shape index (κ3) is 5.31. The molecule has 0 bridgehead atoms. The van der Waals surface area contributed by atoms with E-state index in [2.05, 4.69) is 54.7 Å². The van der Waals surface area contributed by atoms with Crippen molar-refractivity contribution in [2.75, 3.05) is 33.2 Å². The topological polar surface area (TPSA) is 30.9 Å². The fraction of sp³-hybridized carbons (Fsp3) is 0.938. The van der Waals surface area contributed by atoms with E-state index < -0.39 is 0 Å². The molecule has 0 aromatic carbocycles. The van der Waals surface area contributed by atoms with Crippen molar-refractivity contribution in [1.29, 1.82) is 0 Å². The van der Waals surface area contributed by atoms with E-state index in [0.29, 0.717) is 12.1 Å². The van der Waals surface area contributed by atoms with Crippen molar-refractivity contribution < 1.29 is 0 Å². The van der Waals surface area contributed by atoms with Gasteiger partial charge in [-0.25, -0.2) is 0 Å². The van der Waals surface area contributed by atoms with Crippen molar-refractivity contribution in [3.05, 3.63) is 0 Å². The molecule has 0 radical (unpaired) electrons. The molecule has 1 aliphatic heterocycles. The van der Waals surface area contributed by atoms with Gasteiger partial charge in [-0.15, -0.1) is 0 Å². The fourth-order valence-electron chi connectivity index (χ4n) is 3.12. The van der Waals surface area contributed by atoms with Crippen LogP contribution in [0, 0.1) is 5.92 Å². The lowest BCUT2D eigenvalue weighted by molar-refractivity contribution is 0.177. The van der Waals surface area contributed by atoms with Crippen molar-refractivity contribution in [2.45, 2.75) is 59.5 Å². The Hall–Kier alpha value is -0.770. The zero-order valence-electron chi connectivity index (χ0n) is 14.3. The minimum absolute atomic E-state index is 0.592. The van der Waals surface area contributed by atoms with Crippen LogP contribution in [0.25, 0.3) is 0 Å². The van der Waals surface area contributed by atoms with E-state index in [-0.39, 0.29) is 0 Å². The molecule has 1 N–H and O–H groups in total. The van der Waals surface area contributed by atoms with Crippen LogP contribution < -0.4 is 5.32 Å². The molecule has 1 saturated heterocycles. The highest BCUT2D eigenvalue weighted by Gasteiger charge is 2.19. The van der Waals surface area contributed by atoms with Crippen molar-refractivity contribution in [1.82, 2.24) is 15.1 Å². The number of rotatable bonds is 5. The summed E-state index contributed by atoms with van der Waals surface area (Å²) in [6, 6.07) is 1.18. The molecule has 1 fully saturated rings. The van der Waals surface area contributed by atoms with Crippen LogP contribution in [0.3, 0.4) is 0 Å². The minimum Gasteiger partial charge on any atom is -0.355 e. The predicted octanol–water partition coefficient (Wildman–Crippen LogP) is 2.41. The number of nitrogens with zero attached hydrogens (tertiary/aromatic N) is 3. The molecule has 0 saturated carbocycles. The van der Waals surface area contributed by atoms with Crippen LogP contribution in [0.2, 0.25) is 0 Å². The smallest absolute Gasteiger partial charge is 0.193 e. The van der Waals surface area contributed by atoms with E-state index in [1.807, 2.05) is 7.05 Å². The summed E-state index contributed by atoms with van der Waals surface area (Å²) in [6.45, 7) is 15.7. The van der Waals surface area contributed by atoms with Gasteiger partial charge in [0.15, 0.2) is 5.96 Å². The summed E-state index contributed by atoms with van der Waals surface area (Å²) in [7, 11) is 1.89. The standard InChI is InChI=1S/C16H34N4/c1-13(2)20(14(3)4)11-9-18-16(17-6)19-10-7-8-15(5)12-19/h13-15H,7-12H2,1-6H3,(H,17,18). The summed E-state index contributed by atoms with van der Waals surface area (Å²) in [5.41, 5.74) is 0. The Morgan fingerprint density at radius 2 is 1.95 bits per heavy atom. The zero-order chi connectivity index (χ0) is 15.1. The number of nitrogens with one attached hydrogen (secondary N) is 1. The van der Waals surface area contributed by atoms with Gasteiger partial charge in [0.2, 0.25) is 0 Å². The van der Waals surface area contributed by atoms with Crippen LogP contribution >= 0.6 is 0 Å². The Morgan fingerprint density at radius 1 is 1.30 bits per heavy atom. The maximum Gasteiger partial charge on any atom is 0.193 e. The average molecular weight is 282 g/mol. The van der Waals surface area contributed by atoms with E-state index >= 15 is 0 Å². The molecule has 1 unspecified atom stereocenters. The number of piperidine rings is 1. The normalized spacial score (nSPS) is 21.1. The molecule has 4 nitrogen and oxygen atoms in total. The first-order valence-electron chi connectivity index (χ1n) is 8.17. The first-order valence-corrected chi connectivity index (χ1v) is 8.17. The van der Waals surface area contributed by atoms with Gasteiger partial charge in [-0.05, 0) is 46.5 Å². The number of guanidine groups is 1. The third-order valence-corrected chi connectivity index (χ3v) is 4.15. The first kappa shape index (κ1) is 17.3. The molecule has 20 heavy (non-hydrogen) atoms. The quantitative estimate of drug-likeness (QED) is 0.620. The van der Waals surface area contributed by atoms with Gasteiger partial charge in [-0.3, -0.25) is 9.89 Å². The van der Waals surface area contributed by atoms with E-state index in [9.17, 15) is 0 Å². The molecule has 1 rings (SSSR count). The average Bonchev–Trinajstić information content (AvgIpc) is 2.38. The van der Waals surface area contributed by atoms with E-state index in [0.717, 1.165) is 38.1 Å². The summed E-state index contributed by atoms with van der Waals surface area (Å²) in [6.07, 6.45) is 2.63. The molecule has 118 valence electrons. The summed E-state index contributed by atoms with van der Waals surface area (Å²) in [5.74, 6) is 1.86. The highest BCUT2D eigenvalue weighted by atomic mass is 15.3. The maximum absolute atomic E-state index is 4.45. The Balaban J connectivity index is 2.42. The SMILES string of the molecule is CN=C(NCCN(C(C)C)C(C)C)N1CCCC(C)C1. The van der Waals surface area contributed by atoms with E-state index in [4.69, 9.17) is 0 Å². The van der Waals surface area contributed by atoms with Gasteiger partial charge < -0.3 is 10.2 Å². The van der Waals surface area contributed by atoms with Gasteiger partial charge >= 0.3 is 0 Å². The van der Waals surface area contributed by atoms with Gasteiger partial charge in [0, 0.05) is 45.3 Å². The number of hydrogen-bond donors (Lipinski definition) is 1. The Bertz CT molecular complexity index is 291. The molecule has 4 heteroatoms. The second-order valence-corrected chi connectivity index (χ2v) is 6.59. The molecular formula is C16H34N4. The lowest BCUT2D eigenvalue weighted by atomic mass is 10.0. The van der Waals surface area contributed by atoms with Gasteiger partial charge in [0.25, 0.3) is 0 Å². The second-order valence-electron chi connectivity index (χ2n) is 6.59. The van der Waals surface area contributed by atoms with Crippen molar-refractivity contribution in [3.63, 3.8) is 0 Å². The van der Waals surface area contributed by atoms with Crippen LogP contribution in [-0.2, 0) is 0 Å². The Labute approximate surface area is 125 Å². The molecule has 1 aliphatic rings. The van der Waals surface area contributed by atoms with E-state index in [1.54, 1.807) is 0 Å². The minimum atomic E-state index is 0.592. The van der Waals surface area contributed by atoms with Crippen molar-refractivity contribution >= 4 is 5.96 Å². The van der Waals surface area contributed by atoms with Crippen LogP contribution in [0.15, 0.2) is 4.99 Å². The van der Waals surface area contributed by atoms with Crippen LogP contribution in [-0.4, -0.2) is 61.1 Å². The molecule has 0 aliphatic carbocycles. The van der Waals surface area contributed by atoms with Crippen LogP contribution in [0.1, 0.15) is 47.5 Å². The zero-order valence-corrected chi connectivity index (χ0v) is 14.3. The molecule has 0 amide bonds. The van der Waals surface area contributed by atoms with Gasteiger partial charge in [0.1, 0.15) is 0 Å². The van der Waals surface area contributed by atoms with Crippen molar-refractivity contribution in [2.24, 2.45) is 10.9 Å². The Kier molecular flexibility index (Phi) is 7.35. The highest BCUT2D eigenvalue weighted by molar-refractivity contribution is 5.79. The highest BCUT2D eigenvalue weighted by Crippen LogP contribution is 2.15. The third-order valence-electron chi connectivity index (χ3n) is 4.15. The van der Waals surface area contributed by atoms with Gasteiger partial charge in [-0.2, -0.15) is 0 Å². The molecule has 0 aromatic rings. The van der Waals surface area contributed by atoms with Crippen molar-refractivity contribution in [3.8, 4) is 0 Å². The molecule has 1 atom stereocenters. The fourth-order valence-corrected chi connectivity index (χ4v) is 3.12. The van der Waals surface area contributed by atoms with Crippen LogP contribution in [0.5, 0.6) is 0 Å². The summed E-state index contributed by atoms with van der Waals surface area (Å²) >= 11 is 0. The van der Waals surface area contributed by atoms with Gasteiger partial charge in [-0.1, -0.05) is 6.92 Å². The summed E-state index contributed by atoms with van der Waals surface area (Å²) < 4.78 is 0. The maximum atomic E-state index is 4.45. The lowest BCUT2D eigenvalue weighted by Crippen LogP contribution is -2.49. The van der Waals surface area contributed by atoms with E-state index in [1.165, 1.54) is 12.8 Å². The monoisotopic (exact) mass is 282 g/mol. The molecule has 0 spiro atoms. The lowest BCUT2D eigenvalue weighted by Gasteiger charge is -2.35. The van der Waals surface area contributed by atoms with Gasteiger partial charge in [0.05, 0.1) is 0 Å². The first-order chi connectivity index (χ1) is 9.45. The number of aliphatic imine (C=N–C) groups is 1. The summed E-state index contributed by atoms with van der Waals surface area (Å²) in [4.78, 5) is 9.36. The molecule has 1 heterocycles. The summed E-state index contributed by atoms with van der Waals surface area (Å²) in [5, 5.41) is 3.53. The number of likely N-dealkylation sites (tertiary alicyclic amines) is 1. The molecular weight excluding hydrogens is 248 g/mol. The predicted molar refractivity (Wildman–Crippen MR) is 88.3 cm³/mol. The number of hydrogen-bond acceptors (Lipinski definition) is 2. The van der Waals surface area contributed by atoms with Crippen LogP contribution in [0.4, 0.5) is 0 Å². The molecule has 0 aromatic heterocycles. The Morgan fingerprint density at radius 3 is 2.45 bits per heavy atom. The second kappa shape index (κ2) is 8.50. The largest absolute Gasteiger partial charge is 0.355 e.